The zero-order valence-corrected chi connectivity index (χ0v) is 12.4. The van der Waals surface area contributed by atoms with Crippen molar-refractivity contribution >= 4 is 18.0 Å². The van der Waals surface area contributed by atoms with Gasteiger partial charge in [-0.25, -0.2) is 4.98 Å². The summed E-state index contributed by atoms with van der Waals surface area (Å²) in [6.45, 7) is 7.23. The van der Waals surface area contributed by atoms with E-state index in [-0.39, 0.29) is 5.95 Å². The minimum atomic E-state index is 0.235. The molecule has 0 aliphatic carbocycles. The first-order chi connectivity index (χ1) is 9.67. The predicted molar refractivity (Wildman–Crippen MR) is 83.3 cm³/mol. The summed E-state index contributed by atoms with van der Waals surface area (Å²) < 4.78 is 5.70. The van der Waals surface area contributed by atoms with Gasteiger partial charge >= 0.3 is 0 Å². The fraction of sp³-hybridized carbons (Fsp3) is 0.500. The molecule has 0 unspecified atom stereocenters. The Hall–Kier alpha value is -2.11. The van der Waals surface area contributed by atoms with E-state index in [1.54, 1.807) is 18.6 Å². The van der Waals surface area contributed by atoms with Crippen LogP contribution in [0.15, 0.2) is 23.0 Å². The van der Waals surface area contributed by atoms with E-state index in [9.17, 15) is 0 Å². The van der Waals surface area contributed by atoms with Gasteiger partial charge in [0.05, 0.1) is 6.20 Å². The fourth-order valence-corrected chi connectivity index (χ4v) is 1.43. The molecule has 1 aromatic heterocycles. The Morgan fingerprint density at radius 1 is 1.55 bits per heavy atom. The molecular formula is C14H23N5O. The van der Waals surface area contributed by atoms with Crippen LogP contribution in [0.25, 0.3) is 0 Å². The van der Waals surface area contributed by atoms with Crippen LogP contribution in [0.3, 0.4) is 0 Å². The number of hydrogen-bond acceptors (Lipinski definition) is 6. The zero-order valence-electron chi connectivity index (χ0n) is 12.4. The van der Waals surface area contributed by atoms with Crippen molar-refractivity contribution in [1.82, 2.24) is 9.97 Å². The smallest absolute Gasteiger partial charge is 0.222 e. The summed E-state index contributed by atoms with van der Waals surface area (Å²) in [5.41, 5.74) is 6.62. The molecular weight excluding hydrogens is 254 g/mol. The molecule has 0 spiro atoms. The van der Waals surface area contributed by atoms with E-state index >= 15 is 0 Å². The maximum atomic E-state index is 5.70. The number of rotatable bonds is 8. The Morgan fingerprint density at radius 2 is 2.35 bits per heavy atom. The summed E-state index contributed by atoms with van der Waals surface area (Å²) in [6, 6.07) is 0. The molecule has 0 aromatic carbocycles. The van der Waals surface area contributed by atoms with Gasteiger partial charge in [0.2, 0.25) is 5.95 Å². The van der Waals surface area contributed by atoms with E-state index in [1.807, 2.05) is 13.8 Å². The number of unbranched alkanes of at least 4 members (excludes halogenated alkanes) is 1. The maximum Gasteiger partial charge on any atom is 0.222 e. The van der Waals surface area contributed by atoms with Crippen molar-refractivity contribution in [2.45, 2.75) is 33.6 Å². The Bertz CT molecular complexity index is 471. The van der Waals surface area contributed by atoms with Gasteiger partial charge in [0.1, 0.15) is 6.61 Å². The van der Waals surface area contributed by atoms with Crippen molar-refractivity contribution in [3.05, 3.63) is 18.0 Å². The number of nitrogen functional groups attached to an aromatic ring is 1. The highest BCUT2D eigenvalue weighted by Crippen LogP contribution is 2.22. The van der Waals surface area contributed by atoms with Crippen LogP contribution in [0.4, 0.5) is 11.8 Å². The van der Waals surface area contributed by atoms with E-state index in [0.717, 1.165) is 25.0 Å². The van der Waals surface area contributed by atoms with Gasteiger partial charge in [-0.3, -0.25) is 4.99 Å². The fourth-order valence-electron chi connectivity index (χ4n) is 1.43. The van der Waals surface area contributed by atoms with Crippen molar-refractivity contribution < 1.29 is 4.74 Å². The van der Waals surface area contributed by atoms with Crippen LogP contribution in [0.1, 0.15) is 33.6 Å². The highest BCUT2D eigenvalue weighted by molar-refractivity contribution is 5.54. The average Bonchev–Trinajstić information content (AvgIpc) is 2.44. The highest BCUT2D eigenvalue weighted by Gasteiger charge is 2.07. The van der Waals surface area contributed by atoms with Gasteiger partial charge in [-0.1, -0.05) is 13.3 Å². The Kier molecular flexibility index (Phi) is 7.10. The predicted octanol–water partition coefficient (Wildman–Crippen LogP) is 2.64. The molecule has 0 aliphatic heterocycles. The standard InChI is InChI=1S/C14H23N5O/c1-4-6-7-17-13-12(9-18-14(15)19-13)20-10-11(3)8-16-5-2/h5,8-9H,4,6-7,10H2,1-3H3,(H3,15,17,18,19)/b11-8+,16-5-. The van der Waals surface area contributed by atoms with Crippen LogP contribution >= 0.6 is 0 Å². The number of aliphatic imine (C=N–C) groups is 1. The summed E-state index contributed by atoms with van der Waals surface area (Å²) >= 11 is 0. The van der Waals surface area contributed by atoms with Crippen LogP contribution in [0.5, 0.6) is 5.75 Å². The van der Waals surface area contributed by atoms with Gasteiger partial charge in [-0.05, 0) is 25.8 Å². The summed E-state index contributed by atoms with van der Waals surface area (Å²) in [5.74, 6) is 1.47. The molecule has 1 rings (SSSR count). The second kappa shape index (κ2) is 8.90. The van der Waals surface area contributed by atoms with Gasteiger partial charge in [-0.15, -0.1) is 0 Å². The molecule has 0 aliphatic rings. The van der Waals surface area contributed by atoms with E-state index in [1.165, 1.54) is 0 Å². The van der Waals surface area contributed by atoms with Gasteiger partial charge in [0.15, 0.2) is 11.6 Å². The van der Waals surface area contributed by atoms with E-state index in [0.29, 0.717) is 18.2 Å². The summed E-state index contributed by atoms with van der Waals surface area (Å²) in [6.07, 6.45) is 7.26. The van der Waals surface area contributed by atoms with Gasteiger partial charge in [0, 0.05) is 19.0 Å². The molecule has 0 saturated heterocycles. The molecule has 0 atom stereocenters. The zero-order chi connectivity index (χ0) is 14.8. The average molecular weight is 277 g/mol. The number of anilines is 2. The molecule has 3 N–H and O–H groups in total. The lowest BCUT2D eigenvalue weighted by Crippen LogP contribution is -2.09. The third kappa shape index (κ3) is 5.69. The molecule has 6 heteroatoms. The first-order valence-electron chi connectivity index (χ1n) is 6.80. The Morgan fingerprint density at radius 3 is 3.05 bits per heavy atom. The number of nitrogens with one attached hydrogen (secondary N) is 1. The van der Waals surface area contributed by atoms with Crippen LogP contribution in [-0.4, -0.2) is 29.3 Å². The van der Waals surface area contributed by atoms with Crippen LogP contribution < -0.4 is 15.8 Å². The third-order valence-electron chi connectivity index (χ3n) is 2.50. The molecule has 0 saturated carbocycles. The van der Waals surface area contributed by atoms with Crippen molar-refractivity contribution in [3.63, 3.8) is 0 Å². The second-order valence-corrected chi connectivity index (χ2v) is 4.39. The number of nitrogens with two attached hydrogens (primary N) is 1. The molecule has 6 nitrogen and oxygen atoms in total. The normalized spacial score (nSPS) is 11.8. The summed E-state index contributed by atoms with van der Waals surface area (Å²) in [7, 11) is 0. The van der Waals surface area contributed by atoms with Crippen molar-refractivity contribution in [2.75, 3.05) is 24.2 Å². The van der Waals surface area contributed by atoms with Crippen LogP contribution in [0.2, 0.25) is 0 Å². The number of hydrogen-bond donors (Lipinski definition) is 2. The maximum absolute atomic E-state index is 5.70. The minimum Gasteiger partial charge on any atom is -0.484 e. The molecule has 0 amide bonds. The van der Waals surface area contributed by atoms with Crippen molar-refractivity contribution in [3.8, 4) is 5.75 Å². The Balaban J connectivity index is 2.68. The molecule has 0 fully saturated rings. The number of nitrogens with zero attached hydrogens (tertiary/aromatic N) is 3. The van der Waals surface area contributed by atoms with Crippen molar-refractivity contribution in [1.29, 1.82) is 0 Å². The highest BCUT2D eigenvalue weighted by atomic mass is 16.5. The van der Waals surface area contributed by atoms with E-state index < -0.39 is 0 Å². The summed E-state index contributed by atoms with van der Waals surface area (Å²) in [5, 5.41) is 3.22. The Labute approximate surface area is 120 Å². The minimum absolute atomic E-state index is 0.235. The summed E-state index contributed by atoms with van der Waals surface area (Å²) in [4.78, 5) is 12.2. The quantitative estimate of drug-likeness (QED) is 0.563. The van der Waals surface area contributed by atoms with Gasteiger partial charge in [-0.2, -0.15) is 4.98 Å². The number of aromatic nitrogens is 2. The second-order valence-electron chi connectivity index (χ2n) is 4.39. The molecule has 0 bridgehead atoms. The third-order valence-corrected chi connectivity index (χ3v) is 2.50. The monoisotopic (exact) mass is 277 g/mol. The SMILES string of the molecule is C/C=N\C=C(/C)COc1cnc(N)nc1NCCCC. The van der Waals surface area contributed by atoms with E-state index in [4.69, 9.17) is 10.5 Å². The van der Waals surface area contributed by atoms with E-state index in [2.05, 4.69) is 27.2 Å². The molecule has 1 aromatic rings. The van der Waals surface area contributed by atoms with Crippen LogP contribution in [0, 0.1) is 0 Å². The molecule has 110 valence electrons. The first kappa shape index (κ1) is 15.9. The molecule has 20 heavy (non-hydrogen) atoms. The van der Waals surface area contributed by atoms with Gasteiger partial charge < -0.3 is 15.8 Å². The lowest BCUT2D eigenvalue weighted by atomic mass is 10.3. The lowest BCUT2D eigenvalue weighted by molar-refractivity contribution is 0.350. The lowest BCUT2D eigenvalue weighted by Gasteiger charge is -2.12. The largest absolute Gasteiger partial charge is 0.484 e. The molecule has 1 heterocycles. The number of ether oxygens (including phenoxy) is 1. The topological polar surface area (TPSA) is 85.4 Å². The first-order valence-corrected chi connectivity index (χ1v) is 6.80. The van der Waals surface area contributed by atoms with Gasteiger partial charge in [0.25, 0.3) is 0 Å². The van der Waals surface area contributed by atoms with Crippen LogP contribution in [-0.2, 0) is 0 Å². The van der Waals surface area contributed by atoms with Crippen molar-refractivity contribution in [2.24, 2.45) is 4.99 Å². The molecule has 0 radical (unpaired) electrons.